The maximum Gasteiger partial charge on any atom is 0.339 e. The molecule has 2 aromatic carbocycles. The summed E-state index contributed by atoms with van der Waals surface area (Å²) in [7, 11) is -8.70. The van der Waals surface area contributed by atoms with E-state index in [-0.39, 0.29) is 27.9 Å². The van der Waals surface area contributed by atoms with Gasteiger partial charge in [-0.2, -0.15) is 0 Å². The lowest BCUT2D eigenvalue weighted by Gasteiger charge is -2.37. The summed E-state index contributed by atoms with van der Waals surface area (Å²) in [5.41, 5.74) is -0.0528. The van der Waals surface area contributed by atoms with Crippen molar-refractivity contribution in [1.82, 2.24) is 0 Å². The second-order valence-corrected chi connectivity index (χ2v) is 15.7. The van der Waals surface area contributed by atoms with Crippen molar-refractivity contribution in [3.63, 3.8) is 0 Å². The third-order valence-electron chi connectivity index (χ3n) is 7.92. The molecule has 2 aliphatic rings. The number of hydrogen-bond acceptors (Lipinski definition) is 8. The molecular formula is C30H38O8S2. The fourth-order valence-electron chi connectivity index (χ4n) is 5.63. The molecule has 4 rings (SSSR count). The van der Waals surface area contributed by atoms with Gasteiger partial charge in [-0.3, -0.25) is 0 Å². The SMILES string of the molecule is CC(C)[C@@H]1CC[C@@H](C)C[C@H]1O[C@H]1C=C([C@H](O)CCC(S(=O)(=O)c2ccccc2)S(=O)(=O)c2ccccc2)C(=O)O1. The zero-order valence-electron chi connectivity index (χ0n) is 23.0. The van der Waals surface area contributed by atoms with Gasteiger partial charge in [0.15, 0.2) is 24.3 Å². The molecule has 1 aliphatic carbocycles. The van der Waals surface area contributed by atoms with Crippen LogP contribution in [0, 0.1) is 17.8 Å². The topological polar surface area (TPSA) is 124 Å². The number of aliphatic hydroxyl groups excluding tert-OH is 1. The van der Waals surface area contributed by atoms with Gasteiger partial charge in [-0.15, -0.1) is 0 Å². The van der Waals surface area contributed by atoms with Crippen LogP contribution >= 0.6 is 0 Å². The molecule has 2 aromatic rings. The van der Waals surface area contributed by atoms with Gasteiger partial charge in [-0.05, 0) is 73.8 Å². The van der Waals surface area contributed by atoms with Gasteiger partial charge in [0, 0.05) is 0 Å². The molecule has 1 heterocycles. The van der Waals surface area contributed by atoms with E-state index in [0.717, 1.165) is 19.3 Å². The molecule has 0 saturated heterocycles. The summed E-state index contributed by atoms with van der Waals surface area (Å²) in [6, 6.07) is 14.7. The summed E-state index contributed by atoms with van der Waals surface area (Å²) in [6.07, 6.45) is 1.23. The second-order valence-electron chi connectivity index (χ2n) is 11.1. The highest BCUT2D eigenvalue weighted by Gasteiger charge is 2.42. The van der Waals surface area contributed by atoms with Crippen LogP contribution in [-0.4, -0.2) is 51.0 Å². The van der Waals surface area contributed by atoms with Gasteiger partial charge >= 0.3 is 5.97 Å². The lowest BCUT2D eigenvalue weighted by Crippen LogP contribution is -2.36. The van der Waals surface area contributed by atoms with Gasteiger partial charge in [0.1, 0.15) is 0 Å². The Hall–Kier alpha value is -2.53. The number of carbonyl (C=O) groups excluding carboxylic acids is 1. The van der Waals surface area contributed by atoms with Crippen molar-refractivity contribution in [2.75, 3.05) is 0 Å². The molecule has 0 radical (unpaired) electrons. The molecule has 0 bridgehead atoms. The summed E-state index contributed by atoms with van der Waals surface area (Å²) in [6.45, 7) is 6.46. The zero-order valence-corrected chi connectivity index (χ0v) is 24.7. The Balaban J connectivity index is 1.54. The van der Waals surface area contributed by atoms with Crippen LogP contribution in [0.25, 0.3) is 0 Å². The first-order valence-electron chi connectivity index (χ1n) is 13.8. The molecule has 5 atom stereocenters. The molecule has 218 valence electrons. The Labute approximate surface area is 237 Å². The summed E-state index contributed by atoms with van der Waals surface area (Å²) in [5, 5.41) is 10.9. The van der Waals surface area contributed by atoms with Gasteiger partial charge in [-0.1, -0.05) is 63.6 Å². The number of esters is 1. The molecule has 1 saturated carbocycles. The highest BCUT2D eigenvalue weighted by molar-refractivity contribution is 8.09. The van der Waals surface area contributed by atoms with Crippen LogP contribution in [-0.2, 0) is 33.9 Å². The largest absolute Gasteiger partial charge is 0.428 e. The van der Waals surface area contributed by atoms with Gasteiger partial charge in [0.05, 0.1) is 27.6 Å². The lowest BCUT2D eigenvalue weighted by atomic mass is 9.75. The minimum Gasteiger partial charge on any atom is -0.428 e. The smallest absolute Gasteiger partial charge is 0.339 e. The number of carbonyl (C=O) groups is 1. The van der Waals surface area contributed by atoms with Crippen LogP contribution in [0.4, 0.5) is 0 Å². The molecule has 0 aromatic heterocycles. The van der Waals surface area contributed by atoms with Gasteiger partial charge in [-0.25, -0.2) is 21.6 Å². The van der Waals surface area contributed by atoms with Gasteiger partial charge in [0.2, 0.25) is 6.29 Å². The summed E-state index contributed by atoms with van der Waals surface area (Å²) in [5.74, 6) is 0.458. The van der Waals surface area contributed by atoms with Crippen LogP contribution in [0.15, 0.2) is 82.1 Å². The van der Waals surface area contributed by atoms with E-state index in [2.05, 4.69) is 20.8 Å². The van der Waals surface area contributed by atoms with Crippen LogP contribution in [0.3, 0.4) is 0 Å². The van der Waals surface area contributed by atoms with E-state index in [1.165, 1.54) is 54.6 Å². The van der Waals surface area contributed by atoms with E-state index in [9.17, 15) is 26.7 Å². The number of benzene rings is 2. The normalized spacial score (nSPS) is 24.6. The number of aliphatic hydroxyl groups is 1. The van der Waals surface area contributed by atoms with E-state index in [4.69, 9.17) is 9.47 Å². The molecular weight excluding hydrogens is 552 g/mol. The Morgan fingerprint density at radius 3 is 1.98 bits per heavy atom. The standard InChI is InChI=1S/C30H38O8S2/c1-20(2)24-15-14-21(3)18-27(24)37-28-19-25(30(32)38-28)26(31)16-17-29(39(33,34)22-10-6-4-7-11-22)40(35,36)23-12-8-5-9-13-23/h4-13,19-21,24,26-29,31H,14-18H2,1-3H3/t21-,24+,26-,27-,28-/m1/s1. The molecule has 10 heteroatoms. The fourth-order valence-corrected chi connectivity index (χ4v) is 10.2. The van der Waals surface area contributed by atoms with E-state index in [1.54, 1.807) is 12.1 Å². The number of ether oxygens (including phenoxy) is 2. The monoisotopic (exact) mass is 590 g/mol. The molecule has 1 fully saturated rings. The van der Waals surface area contributed by atoms with Crippen LogP contribution in [0.5, 0.6) is 0 Å². The minimum absolute atomic E-state index is 0.0528. The summed E-state index contributed by atoms with van der Waals surface area (Å²) < 4.78 is 63.9. The van der Waals surface area contributed by atoms with Crippen LogP contribution in [0.1, 0.15) is 52.9 Å². The maximum absolute atomic E-state index is 13.5. The number of cyclic esters (lactones) is 1. The zero-order chi connectivity index (χ0) is 29.1. The number of rotatable bonds is 11. The molecule has 0 unspecified atom stereocenters. The molecule has 40 heavy (non-hydrogen) atoms. The minimum atomic E-state index is -4.35. The second kappa shape index (κ2) is 12.5. The Morgan fingerprint density at radius 2 is 1.45 bits per heavy atom. The average Bonchev–Trinajstić information content (AvgIpc) is 3.29. The van der Waals surface area contributed by atoms with E-state index >= 15 is 0 Å². The third kappa shape index (κ3) is 6.67. The average molecular weight is 591 g/mol. The van der Waals surface area contributed by atoms with Crippen molar-refractivity contribution in [3.05, 3.63) is 72.3 Å². The molecule has 8 nitrogen and oxygen atoms in total. The first-order chi connectivity index (χ1) is 18.9. The van der Waals surface area contributed by atoms with Crippen molar-refractivity contribution in [2.45, 2.75) is 85.7 Å². The van der Waals surface area contributed by atoms with Crippen LogP contribution in [0.2, 0.25) is 0 Å². The van der Waals surface area contributed by atoms with Gasteiger partial charge < -0.3 is 14.6 Å². The van der Waals surface area contributed by atoms with Crippen LogP contribution < -0.4 is 0 Å². The van der Waals surface area contributed by atoms with E-state index in [0.29, 0.717) is 17.8 Å². The van der Waals surface area contributed by atoms with Crippen molar-refractivity contribution < 1.29 is 36.2 Å². The predicted molar refractivity (Wildman–Crippen MR) is 150 cm³/mol. The quantitative estimate of drug-likeness (QED) is 0.374. The lowest BCUT2D eigenvalue weighted by molar-refractivity contribution is -0.179. The Morgan fingerprint density at radius 1 is 0.900 bits per heavy atom. The van der Waals surface area contributed by atoms with Crippen molar-refractivity contribution in [3.8, 4) is 0 Å². The number of hydrogen-bond donors (Lipinski definition) is 1. The summed E-state index contributed by atoms with van der Waals surface area (Å²) in [4.78, 5) is 12.4. The fraction of sp³-hybridized carbons (Fsp3) is 0.500. The molecule has 1 N–H and O–H groups in total. The first kappa shape index (κ1) is 30.4. The Bertz CT molecular complexity index is 1330. The molecule has 0 amide bonds. The summed E-state index contributed by atoms with van der Waals surface area (Å²) >= 11 is 0. The molecule has 1 aliphatic heterocycles. The predicted octanol–water partition coefficient (Wildman–Crippen LogP) is 4.69. The van der Waals surface area contributed by atoms with Crippen molar-refractivity contribution >= 4 is 25.6 Å². The van der Waals surface area contributed by atoms with Crippen molar-refractivity contribution in [2.24, 2.45) is 17.8 Å². The number of sulfone groups is 2. The van der Waals surface area contributed by atoms with E-state index < -0.39 is 49.0 Å². The first-order valence-corrected chi connectivity index (χ1v) is 16.8. The highest BCUT2D eigenvalue weighted by atomic mass is 32.3. The maximum atomic E-state index is 13.5. The van der Waals surface area contributed by atoms with Gasteiger partial charge in [0.25, 0.3) is 0 Å². The molecule has 0 spiro atoms. The third-order valence-corrected chi connectivity index (χ3v) is 13.1. The van der Waals surface area contributed by atoms with Crippen molar-refractivity contribution in [1.29, 1.82) is 0 Å². The Kier molecular flexibility index (Phi) is 9.55. The highest BCUT2D eigenvalue weighted by Crippen LogP contribution is 2.37. The van der Waals surface area contributed by atoms with E-state index in [1.807, 2.05) is 0 Å².